The molecule has 0 bridgehead atoms. The van der Waals surface area contributed by atoms with Gasteiger partial charge in [-0.05, 0) is 50.5 Å². The van der Waals surface area contributed by atoms with Gasteiger partial charge in [0.2, 0.25) is 15.9 Å². The minimum Gasteiger partial charge on any atom is -0.353 e. The van der Waals surface area contributed by atoms with Gasteiger partial charge in [0.05, 0.1) is 4.90 Å². The van der Waals surface area contributed by atoms with E-state index in [0.29, 0.717) is 25.9 Å². The van der Waals surface area contributed by atoms with E-state index in [2.05, 4.69) is 12.2 Å². The molecule has 0 radical (unpaired) electrons. The van der Waals surface area contributed by atoms with Crippen molar-refractivity contribution in [3.05, 3.63) is 30.1 Å². The molecule has 1 aromatic rings. The second kappa shape index (κ2) is 8.07. The third-order valence-corrected chi connectivity index (χ3v) is 6.30. The number of carbonyl (C=O) groups excluding carboxylic acids is 1. The van der Waals surface area contributed by atoms with Gasteiger partial charge in [-0.2, -0.15) is 4.31 Å². The summed E-state index contributed by atoms with van der Waals surface area (Å²) in [6.45, 7) is 4.66. The summed E-state index contributed by atoms with van der Waals surface area (Å²) in [5.74, 6) is -0.607. The fourth-order valence-electron chi connectivity index (χ4n) is 2.98. The molecule has 0 saturated carbocycles. The molecule has 1 fully saturated rings. The molecule has 1 aromatic carbocycles. The van der Waals surface area contributed by atoms with Crippen LogP contribution in [-0.2, 0) is 14.8 Å². The molecule has 1 amide bonds. The van der Waals surface area contributed by atoms with Gasteiger partial charge >= 0.3 is 0 Å². The number of benzene rings is 1. The smallest absolute Gasteiger partial charge is 0.243 e. The van der Waals surface area contributed by atoms with E-state index in [-0.39, 0.29) is 22.8 Å². The average Bonchev–Trinajstić information content (AvgIpc) is 2.55. The Morgan fingerprint density at radius 2 is 1.88 bits per heavy atom. The van der Waals surface area contributed by atoms with E-state index in [1.54, 1.807) is 0 Å². The minimum atomic E-state index is -3.62. The first kappa shape index (κ1) is 18.9. The molecule has 1 atom stereocenters. The summed E-state index contributed by atoms with van der Waals surface area (Å²) >= 11 is 0. The van der Waals surface area contributed by atoms with Crippen molar-refractivity contribution in [3.8, 4) is 0 Å². The monoisotopic (exact) mass is 356 g/mol. The van der Waals surface area contributed by atoms with Gasteiger partial charge in [0.25, 0.3) is 0 Å². The van der Waals surface area contributed by atoms with E-state index in [9.17, 15) is 17.6 Å². The maximum Gasteiger partial charge on any atom is 0.243 e. The van der Waals surface area contributed by atoms with Crippen molar-refractivity contribution >= 4 is 15.9 Å². The van der Waals surface area contributed by atoms with Crippen molar-refractivity contribution in [2.45, 2.75) is 50.5 Å². The van der Waals surface area contributed by atoms with Crippen LogP contribution in [0.1, 0.15) is 39.5 Å². The van der Waals surface area contributed by atoms with Gasteiger partial charge in [-0.15, -0.1) is 0 Å². The topological polar surface area (TPSA) is 66.5 Å². The zero-order valence-electron chi connectivity index (χ0n) is 14.2. The number of halogens is 1. The molecule has 24 heavy (non-hydrogen) atoms. The Hall–Kier alpha value is -1.47. The normalized spacial score (nSPS) is 18.3. The number of nitrogens with one attached hydrogen (secondary N) is 1. The third-order valence-electron chi connectivity index (χ3n) is 4.39. The van der Waals surface area contributed by atoms with Gasteiger partial charge in [0.1, 0.15) is 5.82 Å². The number of amides is 1. The summed E-state index contributed by atoms with van der Waals surface area (Å²) in [7, 11) is -3.62. The Labute approximate surface area is 143 Å². The number of nitrogens with zero attached hydrogens (tertiary/aromatic N) is 1. The highest BCUT2D eigenvalue weighted by Crippen LogP contribution is 2.24. The SMILES string of the molecule is CCCC(C)NC(=O)C1CCN(S(=O)(=O)c2ccc(F)cc2)CC1. The molecule has 0 spiro atoms. The van der Waals surface area contributed by atoms with Crippen molar-refractivity contribution in [3.63, 3.8) is 0 Å². The minimum absolute atomic E-state index is 0.00906. The summed E-state index contributed by atoms with van der Waals surface area (Å²) < 4.78 is 39.4. The van der Waals surface area contributed by atoms with E-state index in [1.165, 1.54) is 16.4 Å². The van der Waals surface area contributed by atoms with Gasteiger partial charge in [-0.3, -0.25) is 4.79 Å². The molecule has 5 nitrogen and oxygen atoms in total. The zero-order valence-corrected chi connectivity index (χ0v) is 15.0. The fraction of sp³-hybridized carbons (Fsp3) is 0.588. The first-order valence-corrected chi connectivity index (χ1v) is 9.84. The Balaban J connectivity index is 1.94. The van der Waals surface area contributed by atoms with E-state index in [0.717, 1.165) is 25.0 Å². The number of hydrogen-bond acceptors (Lipinski definition) is 3. The Morgan fingerprint density at radius 3 is 2.42 bits per heavy atom. The maximum absolute atomic E-state index is 13.0. The third kappa shape index (κ3) is 4.54. The average molecular weight is 356 g/mol. The maximum atomic E-state index is 13.0. The molecular weight excluding hydrogens is 331 g/mol. The van der Waals surface area contributed by atoms with Crippen molar-refractivity contribution in [1.29, 1.82) is 0 Å². The number of rotatable bonds is 6. The molecule has 2 rings (SSSR count). The fourth-order valence-corrected chi connectivity index (χ4v) is 4.45. The quantitative estimate of drug-likeness (QED) is 0.852. The van der Waals surface area contributed by atoms with Crippen LogP contribution < -0.4 is 5.32 Å². The molecule has 0 aliphatic carbocycles. The van der Waals surface area contributed by atoms with Crippen molar-refractivity contribution in [1.82, 2.24) is 9.62 Å². The van der Waals surface area contributed by atoms with Crippen LogP contribution in [0.2, 0.25) is 0 Å². The first-order chi connectivity index (χ1) is 11.3. The molecule has 0 aromatic heterocycles. The second-order valence-electron chi connectivity index (χ2n) is 6.33. The van der Waals surface area contributed by atoms with Gasteiger partial charge in [0.15, 0.2) is 0 Å². The Kier molecular flexibility index (Phi) is 6.34. The van der Waals surface area contributed by atoms with E-state index >= 15 is 0 Å². The van der Waals surface area contributed by atoms with Gasteiger partial charge < -0.3 is 5.32 Å². The Bertz CT molecular complexity index is 653. The molecule has 134 valence electrons. The summed E-state index contributed by atoms with van der Waals surface area (Å²) in [6.07, 6.45) is 2.95. The van der Waals surface area contributed by atoms with Crippen LogP contribution in [0, 0.1) is 11.7 Å². The molecular formula is C17H25FN2O3S. The Morgan fingerprint density at radius 1 is 1.29 bits per heavy atom. The molecule has 1 heterocycles. The highest BCUT2D eigenvalue weighted by atomic mass is 32.2. The predicted molar refractivity (Wildman–Crippen MR) is 90.4 cm³/mol. The molecule has 1 N–H and O–H groups in total. The van der Waals surface area contributed by atoms with Crippen molar-refractivity contribution in [2.24, 2.45) is 5.92 Å². The first-order valence-electron chi connectivity index (χ1n) is 8.40. The zero-order chi connectivity index (χ0) is 17.7. The largest absolute Gasteiger partial charge is 0.353 e. The summed E-state index contributed by atoms with van der Waals surface area (Å²) in [5, 5.41) is 2.99. The summed E-state index contributed by atoms with van der Waals surface area (Å²) in [6, 6.07) is 4.97. The van der Waals surface area contributed by atoms with Gasteiger partial charge in [-0.25, -0.2) is 12.8 Å². The van der Waals surface area contributed by atoms with Gasteiger partial charge in [-0.1, -0.05) is 13.3 Å². The van der Waals surface area contributed by atoms with Crippen LogP contribution in [0.3, 0.4) is 0 Å². The number of sulfonamides is 1. The van der Waals surface area contributed by atoms with E-state index in [4.69, 9.17) is 0 Å². The lowest BCUT2D eigenvalue weighted by atomic mass is 9.96. The summed E-state index contributed by atoms with van der Waals surface area (Å²) in [4.78, 5) is 12.3. The lowest BCUT2D eigenvalue weighted by Crippen LogP contribution is -2.44. The standard InChI is InChI=1S/C17H25FN2O3S/c1-3-4-13(2)19-17(21)14-9-11-20(12-10-14)24(22,23)16-7-5-15(18)6-8-16/h5-8,13-14H,3-4,9-12H2,1-2H3,(H,19,21). The van der Waals surface area contributed by atoms with Crippen molar-refractivity contribution < 1.29 is 17.6 Å². The molecule has 1 unspecified atom stereocenters. The number of piperidine rings is 1. The highest BCUT2D eigenvalue weighted by molar-refractivity contribution is 7.89. The van der Waals surface area contributed by atoms with E-state index in [1.807, 2.05) is 6.92 Å². The molecule has 1 aliphatic heterocycles. The van der Waals surface area contributed by atoms with Crippen molar-refractivity contribution in [2.75, 3.05) is 13.1 Å². The predicted octanol–water partition coefficient (Wildman–Crippen LogP) is 2.53. The van der Waals surface area contributed by atoms with Crippen LogP contribution in [0.4, 0.5) is 4.39 Å². The summed E-state index contributed by atoms with van der Waals surface area (Å²) in [5.41, 5.74) is 0. The van der Waals surface area contributed by atoms with E-state index < -0.39 is 15.8 Å². The number of carbonyl (C=O) groups is 1. The van der Waals surface area contributed by atoms with Crippen LogP contribution in [-0.4, -0.2) is 37.8 Å². The molecule has 7 heteroatoms. The molecule has 1 saturated heterocycles. The van der Waals surface area contributed by atoms with Crippen LogP contribution >= 0.6 is 0 Å². The number of hydrogen-bond donors (Lipinski definition) is 1. The highest BCUT2D eigenvalue weighted by Gasteiger charge is 2.32. The van der Waals surface area contributed by atoms with Crippen LogP contribution in [0.5, 0.6) is 0 Å². The van der Waals surface area contributed by atoms with Gasteiger partial charge in [0, 0.05) is 25.0 Å². The lowest BCUT2D eigenvalue weighted by molar-refractivity contribution is -0.126. The van der Waals surface area contributed by atoms with Crippen LogP contribution in [0.15, 0.2) is 29.2 Å². The second-order valence-corrected chi connectivity index (χ2v) is 8.27. The lowest BCUT2D eigenvalue weighted by Gasteiger charge is -2.31. The molecule has 1 aliphatic rings. The van der Waals surface area contributed by atoms with Crippen LogP contribution in [0.25, 0.3) is 0 Å².